The summed E-state index contributed by atoms with van der Waals surface area (Å²) in [5.41, 5.74) is 12.7. The number of nitrogens with two attached hydrogens (primary N) is 1. The maximum Gasteiger partial charge on any atom is 0.306 e. The van der Waals surface area contributed by atoms with E-state index in [0.29, 0.717) is 48.0 Å². The number of β-amino-alcohol motifs (C(OH)–C–C–N with tert-alkyl or cyclic N) is 1. The molecule has 8 N–H and O–H groups in total. The average molecular weight is 673 g/mol. The molecule has 4 fully saturated rings. The zero-order valence-electron chi connectivity index (χ0n) is 29.7. The van der Waals surface area contributed by atoms with Crippen molar-refractivity contribution >= 4 is 5.97 Å². The third-order valence-corrected chi connectivity index (χ3v) is 14.4. The van der Waals surface area contributed by atoms with Crippen LogP contribution < -0.4 is 21.7 Å². The number of nitrogens with one attached hydrogen (secondary N) is 3. The van der Waals surface area contributed by atoms with Gasteiger partial charge in [0.1, 0.15) is 0 Å². The molecule has 2 saturated carbocycles. The molecule has 5 heterocycles. The Bertz CT molecular complexity index is 1490. The summed E-state index contributed by atoms with van der Waals surface area (Å²) < 4.78 is 0. The largest absolute Gasteiger partial charge is 0.481 e. The van der Waals surface area contributed by atoms with E-state index in [-0.39, 0.29) is 42.9 Å². The van der Waals surface area contributed by atoms with Crippen LogP contribution in [0.5, 0.6) is 0 Å². The van der Waals surface area contributed by atoms with Crippen molar-refractivity contribution < 1.29 is 20.1 Å². The molecule has 49 heavy (non-hydrogen) atoms. The summed E-state index contributed by atoms with van der Waals surface area (Å²) in [5, 5.41) is 43.5. The van der Waals surface area contributed by atoms with Crippen LogP contribution in [-0.2, 0) is 11.2 Å². The molecule has 268 valence electrons. The molecule has 4 aliphatic carbocycles. The average Bonchev–Trinajstić information content (AvgIpc) is 3.47. The number of aliphatic carboxylic acids is 1. The zero-order valence-corrected chi connectivity index (χ0v) is 29.7. The number of piperidine rings is 2. The number of hydrogen-bond donors (Lipinski definition) is 7. The van der Waals surface area contributed by atoms with Crippen molar-refractivity contribution in [2.45, 2.75) is 151 Å². The van der Waals surface area contributed by atoms with Gasteiger partial charge in [-0.3, -0.25) is 10.1 Å². The molecule has 0 spiro atoms. The number of carboxylic acid groups (broad SMARTS) is 1. The number of rotatable bonds is 3. The minimum Gasteiger partial charge on any atom is -0.481 e. The van der Waals surface area contributed by atoms with Gasteiger partial charge >= 0.3 is 5.97 Å². The van der Waals surface area contributed by atoms with E-state index in [9.17, 15) is 20.1 Å². The van der Waals surface area contributed by atoms with Crippen LogP contribution in [0.4, 0.5) is 0 Å². The summed E-state index contributed by atoms with van der Waals surface area (Å²) in [6, 6.07) is 10.3. The Balaban J connectivity index is 1.17. The first-order valence-corrected chi connectivity index (χ1v) is 19.6. The minimum atomic E-state index is -1.30. The molecule has 10 rings (SSSR count). The van der Waals surface area contributed by atoms with E-state index in [1.165, 1.54) is 30.4 Å². The summed E-state index contributed by atoms with van der Waals surface area (Å²) in [4.78, 5) is 12.1. The van der Waals surface area contributed by atoms with Crippen molar-refractivity contribution in [3.05, 3.63) is 58.2 Å². The molecular weight excluding hydrogens is 612 g/mol. The molecule has 0 radical (unpaired) electrons. The van der Waals surface area contributed by atoms with Gasteiger partial charge in [-0.15, -0.1) is 0 Å². The predicted molar refractivity (Wildman–Crippen MR) is 192 cm³/mol. The van der Waals surface area contributed by atoms with Crippen LogP contribution in [0.15, 0.2) is 47.1 Å². The lowest BCUT2D eigenvalue weighted by Gasteiger charge is -2.54. The second kappa shape index (κ2) is 13.2. The first kappa shape index (κ1) is 34.0. The predicted octanol–water partition coefficient (Wildman–Crippen LogP) is 4.90. The highest BCUT2D eigenvalue weighted by atomic mass is 16.4. The molecule has 0 aromatic heterocycles. The van der Waals surface area contributed by atoms with Crippen molar-refractivity contribution in [3.8, 4) is 0 Å². The molecule has 13 atom stereocenters. The molecule has 8 heteroatoms. The van der Waals surface area contributed by atoms with Crippen LogP contribution in [0, 0.1) is 29.6 Å². The van der Waals surface area contributed by atoms with Crippen LogP contribution in [-0.4, -0.2) is 69.4 Å². The van der Waals surface area contributed by atoms with Crippen LogP contribution in [0.25, 0.3) is 0 Å². The number of aliphatic hydroxyl groups is 2. The van der Waals surface area contributed by atoms with Gasteiger partial charge in [-0.25, -0.2) is 0 Å². The Kier molecular flexibility index (Phi) is 9.14. The summed E-state index contributed by atoms with van der Waals surface area (Å²) in [6.45, 7) is 4.60. The molecule has 5 aliphatic heterocycles. The molecule has 9 aliphatic rings. The number of aliphatic hydroxyl groups excluding tert-OH is 1. The van der Waals surface area contributed by atoms with Gasteiger partial charge in [0, 0.05) is 36.1 Å². The van der Waals surface area contributed by atoms with Crippen LogP contribution >= 0.6 is 0 Å². The standard InChI is InChI=1S/C41H60N4O4/c1-23-35(46)11-10-34(44-23)26-6-8-30-32-17-25-12-13-41(49,21-37(47)48)22-43-40(2)19-29(45-36(42)20-40)16-24-4-3-5-27(14-24)38(33(30)18-26)31-9-7-28(15-25)39(31)32/h3-5,9,14,23,25-26,29-30,32-36,38,43-46,49H,6-8,10-13,15-22,42H2,1-2H3,(H,47,48)/t23-,25+,26-,29+,30-,32-,33+,34+,35-,36-,38-,40-,41-/m1/s1. The SMILES string of the molecule is C[C@H]1N[C@H]([C@@H]2CC[C@H]3[C@H](C2)[C@H]2C4=CCC5=C4[C@@H]3C[C@@H](CC[C@@](O)(CC(=O)O)CN[C@]3(C)C[C@H](Cc4cccc2c4)N[C@@H](N)C3)C5)CC[C@H]1O. The van der Waals surface area contributed by atoms with Gasteiger partial charge in [-0.05, 0) is 149 Å². The monoisotopic (exact) mass is 672 g/mol. The smallest absolute Gasteiger partial charge is 0.306 e. The topological polar surface area (TPSA) is 140 Å². The summed E-state index contributed by atoms with van der Waals surface area (Å²) in [5.74, 6) is 2.32. The Morgan fingerprint density at radius 3 is 2.71 bits per heavy atom. The third-order valence-electron chi connectivity index (χ3n) is 14.4. The molecule has 2 saturated heterocycles. The second-order valence-electron chi connectivity index (χ2n) is 18.0. The fourth-order valence-electron chi connectivity index (χ4n) is 12.2. The van der Waals surface area contributed by atoms with Gasteiger partial charge in [0.15, 0.2) is 0 Å². The third kappa shape index (κ3) is 6.71. The number of benzene rings is 1. The summed E-state index contributed by atoms with van der Waals surface area (Å²) in [6.07, 6.45) is 14.7. The van der Waals surface area contributed by atoms with E-state index in [1.54, 1.807) is 16.7 Å². The fraction of sp³-hybridized carbons (Fsp3) is 0.732. The molecule has 10 bridgehead atoms. The van der Waals surface area contributed by atoms with Crippen LogP contribution in [0.2, 0.25) is 0 Å². The first-order chi connectivity index (χ1) is 23.5. The summed E-state index contributed by atoms with van der Waals surface area (Å²) >= 11 is 0. The van der Waals surface area contributed by atoms with Crippen molar-refractivity contribution in [2.24, 2.45) is 35.3 Å². The second-order valence-corrected chi connectivity index (χ2v) is 18.0. The van der Waals surface area contributed by atoms with Crippen molar-refractivity contribution in [2.75, 3.05) is 6.54 Å². The highest BCUT2D eigenvalue weighted by molar-refractivity contribution is 5.68. The molecule has 8 nitrogen and oxygen atoms in total. The van der Waals surface area contributed by atoms with E-state index in [2.05, 4.69) is 60.1 Å². The molecule has 0 amide bonds. The van der Waals surface area contributed by atoms with Crippen molar-refractivity contribution in [1.82, 2.24) is 16.0 Å². The van der Waals surface area contributed by atoms with E-state index in [0.717, 1.165) is 57.8 Å². The highest BCUT2D eigenvalue weighted by Gasteiger charge is 2.52. The Labute approximate surface area is 292 Å². The van der Waals surface area contributed by atoms with Crippen molar-refractivity contribution in [1.29, 1.82) is 0 Å². The highest BCUT2D eigenvalue weighted by Crippen LogP contribution is 2.63. The molecule has 0 unspecified atom stereocenters. The van der Waals surface area contributed by atoms with Gasteiger partial charge in [0.25, 0.3) is 0 Å². The van der Waals surface area contributed by atoms with Gasteiger partial charge in [0.2, 0.25) is 0 Å². The lowest BCUT2D eigenvalue weighted by Crippen LogP contribution is -2.63. The van der Waals surface area contributed by atoms with Crippen molar-refractivity contribution in [3.63, 3.8) is 0 Å². The summed E-state index contributed by atoms with van der Waals surface area (Å²) in [7, 11) is 0. The number of carboxylic acids is 1. The van der Waals surface area contributed by atoms with E-state index in [4.69, 9.17) is 5.73 Å². The maximum absolute atomic E-state index is 12.1. The molecule has 1 aromatic rings. The quantitative estimate of drug-likeness (QED) is 0.241. The normalized spacial score (nSPS) is 45.3. The van der Waals surface area contributed by atoms with Gasteiger partial charge in [-0.1, -0.05) is 35.9 Å². The van der Waals surface area contributed by atoms with E-state index in [1.807, 2.05) is 0 Å². The van der Waals surface area contributed by atoms with Gasteiger partial charge in [0.05, 0.1) is 24.3 Å². The lowest BCUT2D eigenvalue weighted by molar-refractivity contribution is -0.143. The van der Waals surface area contributed by atoms with Crippen LogP contribution in [0.1, 0.15) is 114 Å². The Hall–Kier alpha value is -2.07. The number of hydrogen-bond acceptors (Lipinski definition) is 7. The fourth-order valence-corrected chi connectivity index (χ4v) is 12.2. The maximum atomic E-state index is 12.1. The Morgan fingerprint density at radius 1 is 1.04 bits per heavy atom. The number of allylic oxidation sites excluding steroid dienone is 4. The Morgan fingerprint density at radius 2 is 1.90 bits per heavy atom. The lowest BCUT2D eigenvalue weighted by atomic mass is 9.51. The molecular formula is C41H60N4O4. The minimum absolute atomic E-state index is 0.147. The van der Waals surface area contributed by atoms with Gasteiger partial charge < -0.3 is 31.7 Å². The molecule has 1 aromatic carbocycles. The van der Waals surface area contributed by atoms with E-state index >= 15 is 0 Å². The van der Waals surface area contributed by atoms with E-state index < -0.39 is 11.6 Å². The first-order valence-electron chi connectivity index (χ1n) is 19.6. The zero-order chi connectivity index (χ0) is 34.1. The number of carbonyl (C=O) groups is 1. The van der Waals surface area contributed by atoms with Gasteiger partial charge in [-0.2, -0.15) is 0 Å². The van der Waals surface area contributed by atoms with Crippen LogP contribution in [0.3, 0.4) is 0 Å².